The quantitative estimate of drug-likeness (QED) is 0.586. The number of aliphatic carboxylic acids is 1. The predicted molar refractivity (Wildman–Crippen MR) is 66.1 cm³/mol. The number of hydrogen-bond acceptors (Lipinski definition) is 5. The standard InChI is InChI=1S/C5H7N3O4.C5H8O2/c1-2-12-8-4(10)6-3(9)7-5(8)11;1-3-4(2)5(6)7/h2H2,1H3,(H2,6,7,9,10,11);3H,1-2H3,(H,6,7). The van der Waals surface area contributed by atoms with Crippen LogP contribution in [0.3, 0.4) is 0 Å². The fourth-order valence-corrected chi connectivity index (χ4v) is 0.789. The minimum atomic E-state index is -0.884. The van der Waals surface area contributed by atoms with Crippen molar-refractivity contribution in [3.8, 4) is 0 Å². The highest BCUT2D eigenvalue weighted by atomic mass is 16.7. The number of rotatable bonds is 3. The van der Waals surface area contributed by atoms with Crippen LogP contribution in [0.15, 0.2) is 26.0 Å². The Morgan fingerprint density at radius 3 is 2.05 bits per heavy atom. The van der Waals surface area contributed by atoms with Crippen LogP contribution in [0.1, 0.15) is 20.8 Å². The Hall–Kier alpha value is -2.58. The second kappa shape index (κ2) is 7.69. The summed E-state index contributed by atoms with van der Waals surface area (Å²) in [5, 5.41) is 8.11. The van der Waals surface area contributed by atoms with Crippen molar-refractivity contribution in [1.29, 1.82) is 0 Å². The Kier molecular flexibility index (Phi) is 6.65. The predicted octanol–water partition coefficient (Wildman–Crippen LogP) is -1.29. The molecule has 9 nitrogen and oxygen atoms in total. The molecule has 9 heteroatoms. The normalized spacial score (nSPS) is 10.4. The SMILES string of the molecule is CC=C(C)C(=O)O.CCOn1c(=O)[nH]c(=O)[nH]c1=O. The van der Waals surface area contributed by atoms with Crippen LogP contribution in [0.5, 0.6) is 0 Å². The molecule has 0 saturated carbocycles. The molecule has 106 valence electrons. The van der Waals surface area contributed by atoms with E-state index in [1.54, 1.807) is 26.8 Å². The Labute approximate surface area is 107 Å². The van der Waals surface area contributed by atoms with Crippen LogP contribution < -0.4 is 21.9 Å². The van der Waals surface area contributed by atoms with Crippen LogP contribution in [0.4, 0.5) is 0 Å². The Bertz CT molecular complexity index is 587. The first kappa shape index (κ1) is 16.4. The van der Waals surface area contributed by atoms with Gasteiger partial charge in [-0.05, 0) is 20.8 Å². The topological polar surface area (TPSA) is 134 Å². The van der Waals surface area contributed by atoms with Gasteiger partial charge in [-0.1, -0.05) is 10.8 Å². The number of hydrogen-bond donors (Lipinski definition) is 3. The van der Waals surface area contributed by atoms with Crippen LogP contribution in [0, 0.1) is 0 Å². The molecule has 0 saturated heterocycles. The van der Waals surface area contributed by atoms with Gasteiger partial charge in [-0.15, -0.1) is 0 Å². The van der Waals surface area contributed by atoms with Gasteiger partial charge in [0.2, 0.25) is 0 Å². The lowest BCUT2D eigenvalue weighted by Gasteiger charge is -2.00. The van der Waals surface area contributed by atoms with E-state index in [4.69, 9.17) is 5.11 Å². The number of allylic oxidation sites excluding steroid dienone is 1. The number of nitrogens with zero attached hydrogens (tertiary/aromatic N) is 1. The third kappa shape index (κ3) is 5.52. The third-order valence-corrected chi connectivity index (χ3v) is 1.84. The minimum Gasteiger partial charge on any atom is -0.478 e. The molecule has 0 unspecified atom stereocenters. The maximum Gasteiger partial charge on any atom is 0.367 e. The zero-order valence-electron chi connectivity index (χ0n) is 10.7. The maximum atomic E-state index is 10.8. The summed E-state index contributed by atoms with van der Waals surface area (Å²) in [5.74, 6) is -0.845. The van der Waals surface area contributed by atoms with Crippen LogP contribution >= 0.6 is 0 Å². The molecule has 0 aliphatic heterocycles. The first-order valence-electron chi connectivity index (χ1n) is 5.28. The summed E-state index contributed by atoms with van der Waals surface area (Å²) in [7, 11) is 0. The van der Waals surface area contributed by atoms with E-state index < -0.39 is 23.0 Å². The summed E-state index contributed by atoms with van der Waals surface area (Å²) < 4.78 is 0.446. The molecule has 1 heterocycles. The average molecular weight is 273 g/mol. The van der Waals surface area contributed by atoms with Gasteiger partial charge in [-0.3, -0.25) is 9.97 Å². The van der Waals surface area contributed by atoms with Crippen LogP contribution in [0.25, 0.3) is 0 Å². The fraction of sp³-hybridized carbons (Fsp3) is 0.400. The molecule has 0 spiro atoms. The first-order chi connectivity index (χ1) is 8.83. The summed E-state index contributed by atoms with van der Waals surface area (Å²) in [6, 6.07) is 0. The largest absolute Gasteiger partial charge is 0.478 e. The fourth-order valence-electron chi connectivity index (χ4n) is 0.789. The maximum absolute atomic E-state index is 10.8. The molecule has 0 amide bonds. The lowest BCUT2D eigenvalue weighted by atomic mass is 10.3. The first-order valence-corrected chi connectivity index (χ1v) is 5.28. The highest BCUT2D eigenvalue weighted by Crippen LogP contribution is 1.87. The van der Waals surface area contributed by atoms with Crippen molar-refractivity contribution in [2.24, 2.45) is 0 Å². The van der Waals surface area contributed by atoms with Crippen molar-refractivity contribution in [2.45, 2.75) is 20.8 Å². The number of nitrogens with one attached hydrogen (secondary N) is 2. The summed E-state index contributed by atoms with van der Waals surface area (Å²) in [6.07, 6.45) is 1.56. The smallest absolute Gasteiger partial charge is 0.367 e. The molecule has 0 aliphatic rings. The van der Waals surface area contributed by atoms with E-state index in [9.17, 15) is 19.2 Å². The van der Waals surface area contributed by atoms with E-state index >= 15 is 0 Å². The molecule has 0 aliphatic carbocycles. The minimum absolute atomic E-state index is 0.162. The van der Waals surface area contributed by atoms with Crippen molar-refractivity contribution in [3.63, 3.8) is 0 Å². The van der Waals surface area contributed by atoms with E-state index in [-0.39, 0.29) is 6.61 Å². The van der Waals surface area contributed by atoms with E-state index in [1.165, 1.54) is 0 Å². The summed E-state index contributed by atoms with van der Waals surface area (Å²) in [5.41, 5.74) is -2.22. The van der Waals surface area contributed by atoms with E-state index in [0.29, 0.717) is 10.3 Å². The van der Waals surface area contributed by atoms with Gasteiger partial charge >= 0.3 is 23.0 Å². The van der Waals surface area contributed by atoms with Gasteiger partial charge in [-0.25, -0.2) is 19.2 Å². The van der Waals surface area contributed by atoms with E-state index in [1.807, 2.05) is 9.97 Å². The van der Waals surface area contributed by atoms with Gasteiger partial charge in [0, 0.05) is 5.57 Å². The molecule has 3 N–H and O–H groups in total. The monoisotopic (exact) mass is 273 g/mol. The number of aromatic nitrogens is 3. The second-order valence-electron chi connectivity index (χ2n) is 3.18. The molecule has 0 radical (unpaired) electrons. The molecule has 1 rings (SSSR count). The van der Waals surface area contributed by atoms with Gasteiger partial charge in [-0.2, -0.15) is 0 Å². The average Bonchev–Trinajstić information content (AvgIpc) is 2.33. The number of carboxylic acids is 1. The lowest BCUT2D eigenvalue weighted by molar-refractivity contribution is -0.132. The van der Waals surface area contributed by atoms with Gasteiger partial charge in [0.25, 0.3) is 0 Å². The molecule has 0 fully saturated rings. The van der Waals surface area contributed by atoms with Crippen LogP contribution in [0.2, 0.25) is 0 Å². The number of carboxylic acid groups (broad SMARTS) is 1. The van der Waals surface area contributed by atoms with Gasteiger partial charge in [0.15, 0.2) is 0 Å². The number of aromatic amines is 2. The molecule has 1 aromatic heterocycles. The van der Waals surface area contributed by atoms with Crippen molar-refractivity contribution in [2.75, 3.05) is 6.61 Å². The molecular formula is C10H15N3O6. The lowest BCUT2D eigenvalue weighted by Crippen LogP contribution is -2.46. The number of carbonyl (C=O) groups is 1. The van der Waals surface area contributed by atoms with Gasteiger partial charge in [0.05, 0.1) is 0 Å². The molecule has 0 bridgehead atoms. The number of H-pyrrole nitrogens is 2. The van der Waals surface area contributed by atoms with Crippen molar-refractivity contribution in [3.05, 3.63) is 43.1 Å². The third-order valence-electron chi connectivity index (χ3n) is 1.84. The Morgan fingerprint density at radius 1 is 1.32 bits per heavy atom. The summed E-state index contributed by atoms with van der Waals surface area (Å²) in [6.45, 7) is 5.03. The van der Waals surface area contributed by atoms with Crippen molar-refractivity contribution in [1.82, 2.24) is 14.7 Å². The molecule has 0 aromatic carbocycles. The Morgan fingerprint density at radius 2 is 1.79 bits per heavy atom. The summed E-state index contributed by atoms with van der Waals surface area (Å²) in [4.78, 5) is 50.3. The Balaban J connectivity index is 0.000000399. The molecule has 19 heavy (non-hydrogen) atoms. The highest BCUT2D eigenvalue weighted by Gasteiger charge is 2.00. The van der Waals surface area contributed by atoms with Crippen molar-refractivity contribution >= 4 is 5.97 Å². The van der Waals surface area contributed by atoms with E-state index in [0.717, 1.165) is 0 Å². The summed E-state index contributed by atoms with van der Waals surface area (Å²) >= 11 is 0. The van der Waals surface area contributed by atoms with Gasteiger partial charge < -0.3 is 9.94 Å². The zero-order chi connectivity index (χ0) is 15.0. The second-order valence-corrected chi connectivity index (χ2v) is 3.18. The molecule has 1 aromatic rings. The van der Waals surface area contributed by atoms with Crippen LogP contribution in [-0.2, 0) is 4.79 Å². The van der Waals surface area contributed by atoms with Crippen molar-refractivity contribution < 1.29 is 14.7 Å². The van der Waals surface area contributed by atoms with Gasteiger partial charge in [0.1, 0.15) is 6.61 Å². The molecule has 0 atom stereocenters. The molecular weight excluding hydrogens is 258 g/mol. The zero-order valence-corrected chi connectivity index (χ0v) is 10.7. The van der Waals surface area contributed by atoms with E-state index in [2.05, 4.69) is 4.84 Å². The highest BCUT2D eigenvalue weighted by molar-refractivity contribution is 5.85. The van der Waals surface area contributed by atoms with Crippen LogP contribution in [-0.4, -0.2) is 32.4 Å².